The molecule has 0 aromatic heterocycles. The number of carbonyl (C=O) groups excluding carboxylic acids is 2. The Bertz CT molecular complexity index is 996. The summed E-state index contributed by atoms with van der Waals surface area (Å²) in [7, 11) is 0. The summed E-state index contributed by atoms with van der Waals surface area (Å²) in [5, 5.41) is 16.5. The van der Waals surface area contributed by atoms with Crippen LogP contribution in [0.15, 0.2) is 47.6 Å². The van der Waals surface area contributed by atoms with Crippen molar-refractivity contribution in [1.29, 1.82) is 0 Å². The second-order valence-corrected chi connectivity index (χ2v) is 6.29. The summed E-state index contributed by atoms with van der Waals surface area (Å²) >= 11 is 5.79. The maximum absolute atomic E-state index is 12.7. The third-order valence-electron chi connectivity index (χ3n) is 3.63. The smallest absolute Gasteiger partial charge is 0.325 e. The van der Waals surface area contributed by atoms with E-state index in [2.05, 4.69) is 15.8 Å². The highest BCUT2D eigenvalue weighted by Gasteiger charge is 2.31. The van der Waals surface area contributed by atoms with E-state index in [0.717, 1.165) is 12.1 Å². The van der Waals surface area contributed by atoms with Crippen LogP contribution in [-0.4, -0.2) is 23.0 Å². The number of nitro benzene ring substituents is 1. The van der Waals surface area contributed by atoms with Gasteiger partial charge in [-0.05, 0) is 18.2 Å². The van der Waals surface area contributed by atoms with Crippen LogP contribution < -0.4 is 10.7 Å². The molecule has 0 aliphatic rings. The van der Waals surface area contributed by atoms with Crippen LogP contribution in [0.4, 0.5) is 24.5 Å². The highest BCUT2D eigenvalue weighted by atomic mass is 35.5. The van der Waals surface area contributed by atoms with E-state index in [9.17, 15) is 32.9 Å². The molecule has 0 aliphatic heterocycles. The molecule has 0 saturated heterocycles. The minimum absolute atomic E-state index is 0.0812. The molecule has 30 heavy (non-hydrogen) atoms. The van der Waals surface area contributed by atoms with Gasteiger partial charge >= 0.3 is 6.18 Å². The molecule has 2 aromatic rings. The lowest BCUT2D eigenvalue weighted by molar-refractivity contribution is -0.384. The predicted octanol–water partition coefficient (Wildman–Crippen LogP) is 4.14. The molecule has 12 heteroatoms. The van der Waals surface area contributed by atoms with Crippen molar-refractivity contribution < 1.29 is 27.7 Å². The Balaban J connectivity index is 1.86. The van der Waals surface area contributed by atoms with Crippen LogP contribution in [0.2, 0.25) is 5.02 Å². The van der Waals surface area contributed by atoms with Crippen molar-refractivity contribution in [3.05, 3.63) is 68.7 Å². The van der Waals surface area contributed by atoms with Crippen LogP contribution >= 0.6 is 11.6 Å². The van der Waals surface area contributed by atoms with Crippen molar-refractivity contribution in [2.24, 2.45) is 5.10 Å². The summed E-state index contributed by atoms with van der Waals surface area (Å²) in [4.78, 5) is 33.7. The number of anilines is 1. The summed E-state index contributed by atoms with van der Waals surface area (Å²) in [6.45, 7) is 0. The van der Waals surface area contributed by atoms with E-state index in [0.29, 0.717) is 11.6 Å². The Morgan fingerprint density at radius 1 is 1.13 bits per heavy atom. The highest BCUT2D eigenvalue weighted by molar-refractivity contribution is 6.33. The molecule has 2 amide bonds. The Morgan fingerprint density at radius 3 is 2.50 bits per heavy atom. The van der Waals surface area contributed by atoms with Gasteiger partial charge in [-0.1, -0.05) is 23.7 Å². The van der Waals surface area contributed by atoms with Gasteiger partial charge in [0.15, 0.2) is 0 Å². The first-order valence-electron chi connectivity index (χ1n) is 8.29. The van der Waals surface area contributed by atoms with Crippen molar-refractivity contribution in [1.82, 2.24) is 5.43 Å². The van der Waals surface area contributed by atoms with E-state index in [4.69, 9.17) is 11.6 Å². The molecule has 0 bridgehead atoms. The largest absolute Gasteiger partial charge is 0.416 e. The van der Waals surface area contributed by atoms with Crippen molar-refractivity contribution in [2.75, 3.05) is 5.32 Å². The van der Waals surface area contributed by atoms with E-state index >= 15 is 0 Å². The minimum atomic E-state index is -4.60. The van der Waals surface area contributed by atoms with Crippen molar-refractivity contribution in [2.45, 2.75) is 19.0 Å². The first-order chi connectivity index (χ1) is 14.1. The molecule has 0 heterocycles. The first-order valence-corrected chi connectivity index (χ1v) is 8.67. The zero-order valence-electron chi connectivity index (χ0n) is 15.1. The Labute approximate surface area is 172 Å². The van der Waals surface area contributed by atoms with Gasteiger partial charge in [0.25, 0.3) is 5.69 Å². The monoisotopic (exact) mass is 442 g/mol. The molecule has 2 rings (SSSR count). The molecular weight excluding hydrogens is 429 g/mol. The lowest BCUT2D eigenvalue weighted by atomic mass is 10.2. The topological polar surface area (TPSA) is 114 Å². The van der Waals surface area contributed by atoms with Crippen LogP contribution in [0.1, 0.15) is 24.0 Å². The molecular formula is C18H14ClF3N4O4. The van der Waals surface area contributed by atoms with Gasteiger partial charge in [-0.3, -0.25) is 19.7 Å². The molecule has 0 aliphatic carbocycles. The number of nitrogens with zero attached hydrogens (tertiary/aromatic N) is 2. The van der Waals surface area contributed by atoms with Gasteiger partial charge in [0.1, 0.15) is 0 Å². The van der Waals surface area contributed by atoms with Crippen molar-refractivity contribution >= 4 is 41.0 Å². The second-order valence-electron chi connectivity index (χ2n) is 5.89. The lowest BCUT2D eigenvalue weighted by Gasteiger charge is -2.11. The maximum atomic E-state index is 12.7. The Hall–Kier alpha value is -3.47. The number of hydrogen-bond acceptors (Lipinski definition) is 5. The molecule has 2 N–H and O–H groups in total. The van der Waals surface area contributed by atoms with Gasteiger partial charge in [-0.2, -0.15) is 18.3 Å². The van der Waals surface area contributed by atoms with Gasteiger partial charge in [0, 0.05) is 30.5 Å². The molecule has 0 spiro atoms. The molecule has 2 aromatic carbocycles. The van der Waals surface area contributed by atoms with Crippen LogP contribution in [-0.2, 0) is 15.8 Å². The number of alkyl halides is 3. The number of amides is 2. The zero-order chi connectivity index (χ0) is 22.3. The number of halogens is 4. The molecule has 8 nitrogen and oxygen atoms in total. The van der Waals surface area contributed by atoms with Crippen LogP contribution in [0.3, 0.4) is 0 Å². The van der Waals surface area contributed by atoms with Crippen molar-refractivity contribution in [3.63, 3.8) is 0 Å². The summed E-state index contributed by atoms with van der Waals surface area (Å²) in [5.74, 6) is -1.35. The summed E-state index contributed by atoms with van der Waals surface area (Å²) in [6, 6.07) is 8.02. The number of nitrogens with one attached hydrogen (secondary N) is 2. The zero-order valence-corrected chi connectivity index (χ0v) is 15.8. The van der Waals surface area contributed by atoms with Crippen molar-refractivity contribution in [3.8, 4) is 0 Å². The van der Waals surface area contributed by atoms with Gasteiger partial charge in [-0.15, -0.1) is 0 Å². The quantitative estimate of drug-likeness (QED) is 0.381. The second kappa shape index (κ2) is 9.83. The summed E-state index contributed by atoms with van der Waals surface area (Å²) in [5.41, 5.74) is 1.18. The number of hydrogen-bond donors (Lipinski definition) is 2. The third kappa shape index (κ3) is 6.85. The number of rotatable bonds is 7. The lowest BCUT2D eigenvalue weighted by Crippen LogP contribution is -2.21. The number of nitro groups is 1. The number of hydrazone groups is 1. The van der Waals surface area contributed by atoms with E-state index in [1.807, 2.05) is 0 Å². The van der Waals surface area contributed by atoms with E-state index in [1.165, 1.54) is 30.5 Å². The Morgan fingerprint density at radius 2 is 1.83 bits per heavy atom. The number of carbonyl (C=O) groups is 2. The fourth-order valence-electron chi connectivity index (χ4n) is 2.19. The molecule has 0 radical (unpaired) electrons. The molecule has 0 unspecified atom stereocenters. The average molecular weight is 443 g/mol. The molecule has 0 fully saturated rings. The van der Waals surface area contributed by atoms with E-state index in [-0.39, 0.29) is 29.2 Å². The highest BCUT2D eigenvalue weighted by Crippen LogP contribution is 2.33. The molecule has 158 valence electrons. The minimum Gasteiger partial charge on any atom is -0.325 e. The van der Waals surface area contributed by atoms with Crippen LogP contribution in [0, 0.1) is 10.1 Å². The average Bonchev–Trinajstić information content (AvgIpc) is 2.67. The molecule has 0 saturated carbocycles. The Kier molecular flexibility index (Phi) is 7.48. The van der Waals surface area contributed by atoms with Crippen LogP contribution in [0.5, 0.6) is 0 Å². The molecule has 0 atom stereocenters. The standard InChI is InChI=1S/C18H14ClF3N4O4/c19-14-5-4-12(18(20,21)22)9-15(14)24-16(27)6-7-17(28)25-23-10-11-2-1-3-13(8-11)26(29)30/h1-5,8-10H,6-7H2,(H,24,27)(H,25,28). The maximum Gasteiger partial charge on any atom is 0.416 e. The van der Waals surface area contributed by atoms with E-state index < -0.39 is 28.5 Å². The number of non-ortho nitro benzene ring substituents is 1. The summed E-state index contributed by atoms with van der Waals surface area (Å²) < 4.78 is 38.2. The predicted molar refractivity (Wildman–Crippen MR) is 103 cm³/mol. The normalized spacial score (nSPS) is 11.3. The van der Waals surface area contributed by atoms with Gasteiger partial charge in [0.05, 0.1) is 27.4 Å². The van der Waals surface area contributed by atoms with E-state index in [1.54, 1.807) is 0 Å². The van der Waals surface area contributed by atoms with Gasteiger partial charge in [-0.25, -0.2) is 5.43 Å². The van der Waals surface area contributed by atoms with Crippen LogP contribution in [0.25, 0.3) is 0 Å². The SMILES string of the molecule is O=C(CCC(=O)Nc1cc(C(F)(F)F)ccc1Cl)NN=Cc1cccc([N+](=O)[O-])c1. The number of benzene rings is 2. The van der Waals surface area contributed by atoms with Gasteiger partial charge < -0.3 is 5.32 Å². The third-order valence-corrected chi connectivity index (χ3v) is 3.96. The first kappa shape index (κ1) is 22.8. The summed E-state index contributed by atoms with van der Waals surface area (Å²) in [6.07, 6.45) is -4.03. The fraction of sp³-hybridized carbons (Fsp3) is 0.167. The fourth-order valence-corrected chi connectivity index (χ4v) is 2.36. The van der Waals surface area contributed by atoms with Gasteiger partial charge in [0.2, 0.25) is 11.8 Å².